The third-order valence-electron chi connectivity index (χ3n) is 2.96. The van der Waals surface area contributed by atoms with Gasteiger partial charge in [-0.2, -0.15) is 0 Å². The lowest BCUT2D eigenvalue weighted by Gasteiger charge is -2.25. The Balaban J connectivity index is 1.92. The minimum Gasteiger partial charge on any atom is -0.379 e. The van der Waals surface area contributed by atoms with E-state index in [0.29, 0.717) is 11.2 Å². The molecule has 1 aromatic carbocycles. The first kappa shape index (κ1) is 12.0. The summed E-state index contributed by atoms with van der Waals surface area (Å²) in [6.07, 6.45) is 1.06. The summed E-state index contributed by atoms with van der Waals surface area (Å²) in [5.41, 5.74) is 6.96. The summed E-state index contributed by atoms with van der Waals surface area (Å²) in [6.45, 7) is 4.79. The van der Waals surface area contributed by atoms with Crippen LogP contribution in [0, 0.1) is 0 Å². The number of ether oxygens (including phenoxy) is 1. The van der Waals surface area contributed by atoms with Crippen LogP contribution in [-0.4, -0.2) is 25.0 Å². The molecule has 0 radical (unpaired) electrons. The summed E-state index contributed by atoms with van der Waals surface area (Å²) < 4.78 is 5.17. The molecule has 0 aromatic heterocycles. The van der Waals surface area contributed by atoms with E-state index >= 15 is 0 Å². The fourth-order valence-corrected chi connectivity index (χ4v) is 2.77. The van der Waals surface area contributed by atoms with Gasteiger partial charge in [-0.1, -0.05) is 19.1 Å². The molecule has 3 heteroatoms. The van der Waals surface area contributed by atoms with Gasteiger partial charge in [0, 0.05) is 4.90 Å². The summed E-state index contributed by atoms with van der Waals surface area (Å²) >= 11 is 1.91. The van der Waals surface area contributed by atoms with Gasteiger partial charge in [-0.05, 0) is 36.6 Å². The Morgan fingerprint density at radius 3 is 2.56 bits per heavy atom. The Morgan fingerprint density at radius 2 is 2.06 bits per heavy atom. The van der Waals surface area contributed by atoms with E-state index in [1.807, 2.05) is 11.8 Å². The van der Waals surface area contributed by atoms with Crippen molar-refractivity contribution in [1.29, 1.82) is 0 Å². The van der Waals surface area contributed by atoms with E-state index in [9.17, 15) is 0 Å². The summed E-state index contributed by atoms with van der Waals surface area (Å²) in [5.74, 6) is 0.566. The van der Waals surface area contributed by atoms with E-state index in [-0.39, 0.29) is 0 Å². The molecule has 0 amide bonds. The zero-order valence-corrected chi connectivity index (χ0v) is 10.5. The van der Waals surface area contributed by atoms with Gasteiger partial charge in [0.25, 0.3) is 0 Å². The van der Waals surface area contributed by atoms with Crippen LogP contribution >= 0.6 is 11.8 Å². The second-order valence-electron chi connectivity index (χ2n) is 4.32. The van der Waals surface area contributed by atoms with Crippen LogP contribution in [0.4, 0.5) is 0 Å². The molecule has 1 aliphatic rings. The molecule has 1 heterocycles. The molecule has 88 valence electrons. The number of hydrogen-bond acceptors (Lipinski definition) is 3. The molecule has 0 saturated carbocycles. The highest BCUT2D eigenvalue weighted by Gasteiger charge is 2.19. The molecule has 1 aromatic rings. The molecule has 0 bridgehead atoms. The first-order chi connectivity index (χ1) is 7.79. The Kier molecular flexibility index (Phi) is 4.27. The minimum absolute atomic E-state index is 0.566. The Bertz CT molecular complexity index is 321. The fraction of sp³-hybridized carbons (Fsp3) is 0.538. The van der Waals surface area contributed by atoms with E-state index < -0.39 is 0 Å². The van der Waals surface area contributed by atoms with Crippen LogP contribution in [0.2, 0.25) is 0 Å². The van der Waals surface area contributed by atoms with Gasteiger partial charge in [-0.15, -0.1) is 11.8 Å². The molecular weight excluding hydrogens is 218 g/mol. The van der Waals surface area contributed by atoms with Crippen molar-refractivity contribution in [3.63, 3.8) is 0 Å². The van der Waals surface area contributed by atoms with Gasteiger partial charge in [-0.3, -0.25) is 0 Å². The predicted molar refractivity (Wildman–Crippen MR) is 69.0 cm³/mol. The van der Waals surface area contributed by atoms with Gasteiger partial charge in [-0.25, -0.2) is 0 Å². The second-order valence-corrected chi connectivity index (χ2v) is 5.70. The standard InChI is InChI=1S/C13H19NOS/c1-10(6-7-14)11-2-4-12(5-3-11)16-13-8-15-9-13/h2-5,10,13H,6-9,14H2,1H3. The van der Waals surface area contributed by atoms with E-state index in [0.717, 1.165) is 26.2 Å². The molecule has 1 atom stereocenters. The Morgan fingerprint density at radius 1 is 1.38 bits per heavy atom. The van der Waals surface area contributed by atoms with E-state index in [1.165, 1.54) is 10.5 Å². The average molecular weight is 237 g/mol. The van der Waals surface area contributed by atoms with Crippen molar-refractivity contribution < 1.29 is 4.74 Å². The van der Waals surface area contributed by atoms with Crippen LogP contribution in [0.25, 0.3) is 0 Å². The van der Waals surface area contributed by atoms with Crippen molar-refractivity contribution in [1.82, 2.24) is 0 Å². The van der Waals surface area contributed by atoms with Crippen molar-refractivity contribution in [3.8, 4) is 0 Å². The number of nitrogens with two attached hydrogens (primary N) is 1. The third-order valence-corrected chi connectivity index (χ3v) is 4.11. The Hall–Kier alpha value is -0.510. The van der Waals surface area contributed by atoms with Gasteiger partial charge >= 0.3 is 0 Å². The number of thioether (sulfide) groups is 1. The maximum atomic E-state index is 5.57. The largest absolute Gasteiger partial charge is 0.379 e. The monoisotopic (exact) mass is 237 g/mol. The quantitative estimate of drug-likeness (QED) is 0.855. The van der Waals surface area contributed by atoms with Crippen molar-refractivity contribution in [2.45, 2.75) is 29.4 Å². The van der Waals surface area contributed by atoms with E-state index in [1.54, 1.807) is 0 Å². The number of benzene rings is 1. The predicted octanol–water partition coefficient (Wildman–Crippen LogP) is 2.63. The summed E-state index contributed by atoms with van der Waals surface area (Å²) in [5, 5.41) is 0.660. The number of hydrogen-bond donors (Lipinski definition) is 1. The van der Waals surface area contributed by atoms with Crippen molar-refractivity contribution in [2.24, 2.45) is 5.73 Å². The lowest BCUT2D eigenvalue weighted by atomic mass is 9.98. The van der Waals surface area contributed by atoms with E-state index in [4.69, 9.17) is 10.5 Å². The maximum Gasteiger partial charge on any atom is 0.0611 e. The highest BCUT2D eigenvalue weighted by atomic mass is 32.2. The lowest BCUT2D eigenvalue weighted by Crippen LogP contribution is -2.29. The molecule has 1 unspecified atom stereocenters. The van der Waals surface area contributed by atoms with Gasteiger partial charge in [0.1, 0.15) is 0 Å². The summed E-state index contributed by atoms with van der Waals surface area (Å²) in [7, 11) is 0. The van der Waals surface area contributed by atoms with Crippen LogP contribution in [0.15, 0.2) is 29.2 Å². The topological polar surface area (TPSA) is 35.2 Å². The molecule has 1 fully saturated rings. The van der Waals surface area contributed by atoms with Gasteiger partial charge in [0.2, 0.25) is 0 Å². The minimum atomic E-state index is 0.566. The third kappa shape index (κ3) is 3.00. The highest BCUT2D eigenvalue weighted by molar-refractivity contribution is 8.00. The first-order valence-corrected chi connectivity index (χ1v) is 6.72. The average Bonchev–Trinajstić information content (AvgIpc) is 2.25. The lowest BCUT2D eigenvalue weighted by molar-refractivity contribution is 0.0455. The zero-order chi connectivity index (χ0) is 11.4. The normalized spacial score (nSPS) is 18.1. The molecule has 1 aliphatic heterocycles. The zero-order valence-electron chi connectivity index (χ0n) is 9.69. The molecule has 0 spiro atoms. The van der Waals surface area contributed by atoms with Gasteiger partial charge in [0.15, 0.2) is 0 Å². The van der Waals surface area contributed by atoms with Crippen LogP contribution in [0.5, 0.6) is 0 Å². The van der Waals surface area contributed by atoms with Gasteiger partial charge in [0.05, 0.1) is 18.5 Å². The molecule has 2 rings (SSSR count). The smallest absolute Gasteiger partial charge is 0.0611 e. The van der Waals surface area contributed by atoms with Crippen LogP contribution in [0.3, 0.4) is 0 Å². The van der Waals surface area contributed by atoms with Crippen molar-refractivity contribution in [2.75, 3.05) is 19.8 Å². The summed E-state index contributed by atoms with van der Waals surface area (Å²) in [6, 6.07) is 8.88. The Labute approximate surface area is 102 Å². The molecule has 2 N–H and O–H groups in total. The molecule has 16 heavy (non-hydrogen) atoms. The molecule has 2 nitrogen and oxygen atoms in total. The maximum absolute atomic E-state index is 5.57. The van der Waals surface area contributed by atoms with Crippen LogP contribution < -0.4 is 5.73 Å². The first-order valence-electron chi connectivity index (χ1n) is 5.84. The molecular formula is C13H19NOS. The fourth-order valence-electron chi connectivity index (χ4n) is 1.77. The summed E-state index contributed by atoms with van der Waals surface area (Å²) in [4.78, 5) is 1.34. The van der Waals surface area contributed by atoms with Gasteiger partial charge < -0.3 is 10.5 Å². The highest BCUT2D eigenvalue weighted by Crippen LogP contribution is 2.29. The van der Waals surface area contributed by atoms with Crippen molar-refractivity contribution in [3.05, 3.63) is 29.8 Å². The van der Waals surface area contributed by atoms with Crippen LogP contribution in [0.1, 0.15) is 24.8 Å². The van der Waals surface area contributed by atoms with Crippen molar-refractivity contribution >= 4 is 11.8 Å². The van der Waals surface area contributed by atoms with E-state index in [2.05, 4.69) is 31.2 Å². The SMILES string of the molecule is CC(CCN)c1ccc(SC2COC2)cc1. The molecule has 0 aliphatic carbocycles. The van der Waals surface area contributed by atoms with Crippen LogP contribution in [-0.2, 0) is 4.74 Å². The molecule has 1 saturated heterocycles. The second kappa shape index (κ2) is 5.71. The number of rotatable bonds is 5.